The summed E-state index contributed by atoms with van der Waals surface area (Å²) in [5, 5.41) is 7.12. The second-order valence-corrected chi connectivity index (χ2v) is 6.09. The predicted octanol–water partition coefficient (Wildman–Crippen LogP) is 2.95. The standard InChI is InChI=1S/C19H19N5O2/c25-19(22-15-4-6-16(7-5-15)24-11-2-10-21-24)23-12-8-18(14-23)26-17-3-1-9-20-13-17/h1-7,9-11,13,18H,8,12,14H2,(H,22,25)/t18-/m0/s1. The monoisotopic (exact) mass is 349 g/mol. The maximum Gasteiger partial charge on any atom is 0.321 e. The van der Waals surface area contributed by atoms with Crippen LogP contribution in [0.1, 0.15) is 6.42 Å². The van der Waals surface area contributed by atoms with E-state index in [-0.39, 0.29) is 12.1 Å². The van der Waals surface area contributed by atoms with Crippen LogP contribution in [-0.4, -0.2) is 44.9 Å². The van der Waals surface area contributed by atoms with Gasteiger partial charge in [0.05, 0.1) is 18.4 Å². The lowest BCUT2D eigenvalue weighted by Crippen LogP contribution is -2.34. The fraction of sp³-hybridized carbons (Fsp3) is 0.211. The van der Waals surface area contributed by atoms with E-state index in [9.17, 15) is 4.79 Å². The van der Waals surface area contributed by atoms with Gasteiger partial charge in [0.2, 0.25) is 0 Å². The summed E-state index contributed by atoms with van der Waals surface area (Å²) in [5.41, 5.74) is 1.70. The van der Waals surface area contributed by atoms with Gasteiger partial charge in [-0.05, 0) is 42.5 Å². The van der Waals surface area contributed by atoms with Gasteiger partial charge >= 0.3 is 6.03 Å². The first-order valence-electron chi connectivity index (χ1n) is 8.50. The van der Waals surface area contributed by atoms with Crippen LogP contribution in [0.5, 0.6) is 5.75 Å². The molecule has 2 aromatic heterocycles. The molecule has 1 fully saturated rings. The highest BCUT2D eigenvalue weighted by molar-refractivity contribution is 5.89. The molecule has 1 aliphatic heterocycles. The number of amides is 2. The molecule has 1 saturated heterocycles. The van der Waals surface area contributed by atoms with E-state index in [4.69, 9.17) is 4.74 Å². The zero-order valence-corrected chi connectivity index (χ0v) is 14.2. The molecular formula is C19H19N5O2. The van der Waals surface area contributed by atoms with E-state index in [1.165, 1.54) is 0 Å². The van der Waals surface area contributed by atoms with E-state index < -0.39 is 0 Å². The molecule has 7 nitrogen and oxygen atoms in total. The summed E-state index contributed by atoms with van der Waals surface area (Å²) in [5.74, 6) is 0.731. The van der Waals surface area contributed by atoms with Crippen molar-refractivity contribution in [1.82, 2.24) is 19.7 Å². The Labute approximate surface area is 151 Å². The van der Waals surface area contributed by atoms with Gasteiger partial charge in [0.25, 0.3) is 0 Å². The molecule has 1 aromatic carbocycles. The van der Waals surface area contributed by atoms with Crippen molar-refractivity contribution in [2.45, 2.75) is 12.5 Å². The Bertz CT molecular complexity index is 849. The van der Waals surface area contributed by atoms with Gasteiger partial charge in [-0.1, -0.05) is 0 Å². The van der Waals surface area contributed by atoms with Gasteiger partial charge in [-0.15, -0.1) is 0 Å². The maximum absolute atomic E-state index is 12.5. The van der Waals surface area contributed by atoms with E-state index in [2.05, 4.69) is 15.4 Å². The number of ether oxygens (including phenoxy) is 1. The van der Waals surface area contributed by atoms with Gasteiger partial charge < -0.3 is 15.0 Å². The zero-order chi connectivity index (χ0) is 17.8. The molecule has 1 atom stereocenters. The molecule has 0 radical (unpaired) electrons. The summed E-state index contributed by atoms with van der Waals surface area (Å²) in [7, 11) is 0. The van der Waals surface area contributed by atoms with Crippen LogP contribution in [0.2, 0.25) is 0 Å². The highest BCUT2D eigenvalue weighted by Gasteiger charge is 2.27. The van der Waals surface area contributed by atoms with Gasteiger partial charge in [0, 0.05) is 37.2 Å². The quantitative estimate of drug-likeness (QED) is 0.786. The van der Waals surface area contributed by atoms with Crippen molar-refractivity contribution in [1.29, 1.82) is 0 Å². The predicted molar refractivity (Wildman–Crippen MR) is 97.4 cm³/mol. The van der Waals surface area contributed by atoms with Crippen molar-refractivity contribution < 1.29 is 9.53 Å². The lowest BCUT2D eigenvalue weighted by molar-refractivity contribution is 0.194. The lowest BCUT2D eigenvalue weighted by atomic mass is 10.3. The highest BCUT2D eigenvalue weighted by atomic mass is 16.5. The highest BCUT2D eigenvalue weighted by Crippen LogP contribution is 2.19. The van der Waals surface area contributed by atoms with Crippen LogP contribution >= 0.6 is 0 Å². The molecule has 3 heterocycles. The van der Waals surface area contributed by atoms with Crippen molar-refractivity contribution in [3.05, 3.63) is 67.3 Å². The van der Waals surface area contributed by atoms with Crippen LogP contribution in [0, 0.1) is 0 Å². The lowest BCUT2D eigenvalue weighted by Gasteiger charge is -2.18. The fourth-order valence-electron chi connectivity index (χ4n) is 2.94. The van der Waals surface area contributed by atoms with Crippen LogP contribution in [0.25, 0.3) is 5.69 Å². The Morgan fingerprint density at radius 1 is 1.15 bits per heavy atom. The SMILES string of the molecule is O=C(Nc1ccc(-n2cccn2)cc1)N1CC[C@H](Oc2cccnc2)C1. The number of hydrogen-bond acceptors (Lipinski definition) is 4. The molecule has 0 spiro atoms. The minimum Gasteiger partial charge on any atom is -0.487 e. The minimum atomic E-state index is -0.117. The van der Waals surface area contributed by atoms with Crippen LogP contribution < -0.4 is 10.1 Å². The molecule has 4 rings (SSSR count). The number of anilines is 1. The van der Waals surface area contributed by atoms with Crippen LogP contribution in [0.15, 0.2) is 67.3 Å². The first-order valence-corrected chi connectivity index (χ1v) is 8.50. The number of nitrogens with zero attached hydrogens (tertiary/aromatic N) is 4. The minimum absolute atomic E-state index is 0.00728. The number of urea groups is 1. The molecule has 3 aromatic rings. The topological polar surface area (TPSA) is 72.3 Å². The van der Waals surface area contributed by atoms with Crippen LogP contribution in [0.4, 0.5) is 10.5 Å². The molecule has 0 bridgehead atoms. The number of rotatable bonds is 4. The average Bonchev–Trinajstić information content (AvgIpc) is 3.35. The molecule has 0 saturated carbocycles. The number of pyridine rings is 1. The third kappa shape index (κ3) is 3.66. The van der Waals surface area contributed by atoms with E-state index in [0.29, 0.717) is 13.1 Å². The number of carbonyl (C=O) groups is 1. The van der Waals surface area contributed by atoms with Gasteiger partial charge in [-0.3, -0.25) is 4.98 Å². The van der Waals surface area contributed by atoms with Crippen LogP contribution in [0.3, 0.4) is 0 Å². The number of benzene rings is 1. The summed E-state index contributed by atoms with van der Waals surface area (Å²) in [6.45, 7) is 1.23. The Morgan fingerprint density at radius 2 is 2.04 bits per heavy atom. The Balaban J connectivity index is 1.32. The van der Waals surface area contributed by atoms with Gasteiger partial charge in [0.1, 0.15) is 11.9 Å². The van der Waals surface area contributed by atoms with Gasteiger partial charge in [0.15, 0.2) is 0 Å². The fourth-order valence-corrected chi connectivity index (χ4v) is 2.94. The third-order valence-corrected chi connectivity index (χ3v) is 4.26. The maximum atomic E-state index is 12.5. The molecule has 132 valence electrons. The number of carbonyl (C=O) groups excluding carboxylic acids is 1. The summed E-state index contributed by atoms with van der Waals surface area (Å²) in [4.78, 5) is 18.3. The van der Waals surface area contributed by atoms with Crippen molar-refractivity contribution in [2.24, 2.45) is 0 Å². The third-order valence-electron chi connectivity index (χ3n) is 4.26. The molecule has 26 heavy (non-hydrogen) atoms. The first-order chi connectivity index (χ1) is 12.8. The summed E-state index contributed by atoms with van der Waals surface area (Å²) < 4.78 is 7.64. The smallest absolute Gasteiger partial charge is 0.321 e. The van der Waals surface area contributed by atoms with E-state index >= 15 is 0 Å². The van der Waals surface area contributed by atoms with Crippen molar-refractivity contribution >= 4 is 11.7 Å². The molecule has 0 unspecified atom stereocenters. The van der Waals surface area contributed by atoms with Gasteiger partial charge in [-0.25, -0.2) is 9.48 Å². The summed E-state index contributed by atoms with van der Waals surface area (Å²) in [6, 6.07) is 13.0. The molecular weight excluding hydrogens is 330 g/mol. The molecule has 2 amide bonds. The number of hydrogen-bond donors (Lipinski definition) is 1. The van der Waals surface area contributed by atoms with Crippen molar-refractivity contribution in [2.75, 3.05) is 18.4 Å². The van der Waals surface area contributed by atoms with E-state index in [0.717, 1.165) is 23.5 Å². The first kappa shape index (κ1) is 16.1. The number of nitrogens with one attached hydrogen (secondary N) is 1. The molecule has 0 aliphatic carbocycles. The zero-order valence-electron chi connectivity index (χ0n) is 14.2. The Hall–Kier alpha value is -3.35. The van der Waals surface area contributed by atoms with E-state index in [1.807, 2.05) is 48.7 Å². The summed E-state index contributed by atoms with van der Waals surface area (Å²) >= 11 is 0. The largest absolute Gasteiger partial charge is 0.487 e. The van der Waals surface area contributed by atoms with Crippen molar-refractivity contribution in [3.63, 3.8) is 0 Å². The second kappa shape index (κ2) is 7.26. The Morgan fingerprint density at radius 3 is 2.77 bits per heavy atom. The van der Waals surface area contributed by atoms with Crippen LogP contribution in [-0.2, 0) is 0 Å². The second-order valence-electron chi connectivity index (χ2n) is 6.09. The van der Waals surface area contributed by atoms with E-state index in [1.54, 1.807) is 28.2 Å². The number of likely N-dealkylation sites (tertiary alicyclic amines) is 1. The summed E-state index contributed by atoms with van der Waals surface area (Å²) in [6.07, 6.45) is 7.79. The molecule has 1 N–H and O–H groups in total. The molecule has 1 aliphatic rings. The number of aromatic nitrogens is 3. The average molecular weight is 349 g/mol. The van der Waals surface area contributed by atoms with Gasteiger partial charge in [-0.2, -0.15) is 5.10 Å². The Kier molecular flexibility index (Phi) is 4.51. The normalized spacial score (nSPS) is 16.5. The van der Waals surface area contributed by atoms with Crippen molar-refractivity contribution in [3.8, 4) is 11.4 Å². The molecule has 7 heteroatoms.